The monoisotopic (exact) mass is 275 g/mol. The van der Waals surface area contributed by atoms with E-state index in [1.807, 2.05) is 14.0 Å². The van der Waals surface area contributed by atoms with Crippen molar-refractivity contribution in [2.75, 3.05) is 19.8 Å². The highest BCUT2D eigenvalue weighted by atomic mass is 16.5. The fraction of sp³-hybridized carbons (Fsp3) is 0.462. The Morgan fingerprint density at radius 1 is 1.50 bits per heavy atom. The van der Waals surface area contributed by atoms with Crippen molar-refractivity contribution in [1.29, 1.82) is 0 Å². The van der Waals surface area contributed by atoms with Crippen LogP contribution in [-0.2, 0) is 11.8 Å². The summed E-state index contributed by atoms with van der Waals surface area (Å²) < 4.78 is 7.22. The Labute approximate surface area is 116 Å². The van der Waals surface area contributed by atoms with Gasteiger partial charge in [0.2, 0.25) is 0 Å². The first-order valence-electron chi connectivity index (χ1n) is 6.54. The zero-order chi connectivity index (χ0) is 14.1. The summed E-state index contributed by atoms with van der Waals surface area (Å²) in [5.41, 5.74) is 0.968. The molecule has 1 saturated heterocycles. The molecule has 7 heteroatoms. The highest BCUT2D eigenvalue weighted by Crippen LogP contribution is 2.23. The molecule has 1 N–H and O–H groups in total. The van der Waals surface area contributed by atoms with Crippen LogP contribution in [0.15, 0.2) is 18.6 Å². The van der Waals surface area contributed by atoms with E-state index in [4.69, 9.17) is 4.74 Å². The van der Waals surface area contributed by atoms with Gasteiger partial charge in [-0.05, 0) is 6.92 Å². The van der Waals surface area contributed by atoms with Crippen molar-refractivity contribution in [3.8, 4) is 0 Å². The average Bonchev–Trinajstić information content (AvgIpc) is 3.07. The van der Waals surface area contributed by atoms with Crippen LogP contribution in [0.3, 0.4) is 0 Å². The zero-order valence-electron chi connectivity index (χ0n) is 11.5. The highest BCUT2D eigenvalue weighted by Gasteiger charge is 2.32. The number of nitrogens with zero attached hydrogens (tertiary/aromatic N) is 4. The van der Waals surface area contributed by atoms with E-state index in [9.17, 15) is 4.79 Å². The number of rotatable bonds is 2. The first kappa shape index (κ1) is 12.9. The fourth-order valence-corrected chi connectivity index (χ4v) is 2.38. The van der Waals surface area contributed by atoms with E-state index in [2.05, 4.69) is 15.0 Å². The lowest BCUT2D eigenvalue weighted by Crippen LogP contribution is -2.44. The number of aromatic nitrogens is 4. The second-order valence-electron chi connectivity index (χ2n) is 4.90. The number of imidazole rings is 2. The predicted molar refractivity (Wildman–Crippen MR) is 71.1 cm³/mol. The molecule has 0 aliphatic carbocycles. The van der Waals surface area contributed by atoms with Crippen LogP contribution in [-0.4, -0.2) is 50.1 Å². The van der Waals surface area contributed by atoms with Crippen molar-refractivity contribution in [2.45, 2.75) is 13.0 Å². The van der Waals surface area contributed by atoms with Crippen molar-refractivity contribution in [3.05, 3.63) is 35.9 Å². The maximum atomic E-state index is 12.6. The molecule has 2 aromatic rings. The maximum Gasteiger partial charge on any atom is 0.290 e. The number of carbonyl (C=O) groups excluding carboxylic acids is 1. The van der Waals surface area contributed by atoms with E-state index < -0.39 is 0 Å². The molecule has 106 valence electrons. The van der Waals surface area contributed by atoms with E-state index >= 15 is 0 Å². The summed E-state index contributed by atoms with van der Waals surface area (Å²) in [5.74, 6) is 1.09. The van der Waals surface area contributed by atoms with Crippen molar-refractivity contribution < 1.29 is 9.53 Å². The summed E-state index contributed by atoms with van der Waals surface area (Å²) in [5, 5.41) is 0. The number of aromatic amines is 1. The second kappa shape index (κ2) is 5.09. The topological polar surface area (TPSA) is 76.0 Å². The van der Waals surface area contributed by atoms with E-state index in [1.54, 1.807) is 28.1 Å². The minimum Gasteiger partial charge on any atom is -0.377 e. The molecule has 0 aromatic carbocycles. The maximum absolute atomic E-state index is 12.6. The van der Waals surface area contributed by atoms with E-state index in [0.717, 1.165) is 11.5 Å². The van der Waals surface area contributed by atoms with Gasteiger partial charge in [0, 0.05) is 37.9 Å². The smallest absolute Gasteiger partial charge is 0.290 e. The van der Waals surface area contributed by atoms with Crippen LogP contribution in [0.4, 0.5) is 0 Å². The standard InChI is InChI=1S/C13H17N5O2/c1-9-7-15-11(16-9)10-8-20-6-5-18(10)13(19)12-14-3-4-17(12)2/h3-4,7,10H,5-6,8H2,1-2H3,(H,15,16)/t10-/m1/s1. The van der Waals surface area contributed by atoms with Crippen LogP contribution in [0.2, 0.25) is 0 Å². The molecule has 0 saturated carbocycles. The summed E-state index contributed by atoms with van der Waals surface area (Å²) >= 11 is 0. The Kier molecular flexibility index (Phi) is 3.27. The molecule has 1 aliphatic heterocycles. The van der Waals surface area contributed by atoms with Gasteiger partial charge in [-0.3, -0.25) is 4.79 Å². The number of carbonyl (C=O) groups is 1. The van der Waals surface area contributed by atoms with Gasteiger partial charge in [0.05, 0.1) is 13.2 Å². The molecular weight excluding hydrogens is 258 g/mol. The molecule has 3 heterocycles. The van der Waals surface area contributed by atoms with Crippen molar-refractivity contribution >= 4 is 5.91 Å². The number of aryl methyl sites for hydroxylation is 2. The summed E-state index contributed by atoms with van der Waals surface area (Å²) in [6, 6.07) is -0.193. The van der Waals surface area contributed by atoms with Crippen LogP contribution in [0, 0.1) is 6.92 Å². The number of nitrogens with one attached hydrogen (secondary N) is 1. The van der Waals surface area contributed by atoms with Gasteiger partial charge in [-0.15, -0.1) is 0 Å². The van der Waals surface area contributed by atoms with Gasteiger partial charge in [0.15, 0.2) is 5.82 Å². The van der Waals surface area contributed by atoms with Crippen LogP contribution >= 0.6 is 0 Å². The fourth-order valence-electron chi connectivity index (χ4n) is 2.38. The first-order chi connectivity index (χ1) is 9.66. The third-order valence-corrected chi connectivity index (χ3v) is 3.44. The van der Waals surface area contributed by atoms with E-state index in [1.165, 1.54) is 0 Å². The number of morpholine rings is 1. The molecule has 2 aromatic heterocycles. The van der Waals surface area contributed by atoms with E-state index in [0.29, 0.717) is 25.6 Å². The van der Waals surface area contributed by atoms with Crippen LogP contribution in [0.5, 0.6) is 0 Å². The Balaban J connectivity index is 1.89. The number of hydrogen-bond donors (Lipinski definition) is 1. The summed E-state index contributed by atoms with van der Waals surface area (Å²) in [7, 11) is 1.81. The Bertz CT molecular complexity index is 618. The molecule has 0 unspecified atom stereocenters. The number of amides is 1. The quantitative estimate of drug-likeness (QED) is 0.873. The molecule has 0 spiro atoms. The molecule has 0 radical (unpaired) electrons. The number of H-pyrrole nitrogens is 1. The van der Waals surface area contributed by atoms with Gasteiger partial charge in [0.1, 0.15) is 11.9 Å². The largest absolute Gasteiger partial charge is 0.377 e. The van der Waals surface area contributed by atoms with Gasteiger partial charge >= 0.3 is 0 Å². The Morgan fingerprint density at radius 2 is 2.35 bits per heavy atom. The van der Waals surface area contributed by atoms with Gasteiger partial charge in [-0.1, -0.05) is 0 Å². The van der Waals surface area contributed by atoms with E-state index in [-0.39, 0.29) is 11.9 Å². The number of hydrogen-bond acceptors (Lipinski definition) is 4. The molecule has 1 fully saturated rings. The molecule has 3 rings (SSSR count). The van der Waals surface area contributed by atoms with Gasteiger partial charge < -0.3 is 19.2 Å². The average molecular weight is 275 g/mol. The minimum absolute atomic E-state index is 0.0974. The van der Waals surface area contributed by atoms with Crippen LogP contribution < -0.4 is 0 Å². The van der Waals surface area contributed by atoms with Crippen molar-refractivity contribution in [1.82, 2.24) is 24.4 Å². The lowest BCUT2D eigenvalue weighted by atomic mass is 10.2. The Hall–Kier alpha value is -2.15. The van der Waals surface area contributed by atoms with Gasteiger partial charge in [-0.2, -0.15) is 0 Å². The Morgan fingerprint density at radius 3 is 3.00 bits per heavy atom. The van der Waals surface area contributed by atoms with Gasteiger partial charge in [0.25, 0.3) is 5.91 Å². The molecular formula is C13H17N5O2. The lowest BCUT2D eigenvalue weighted by Gasteiger charge is -2.34. The molecule has 20 heavy (non-hydrogen) atoms. The van der Waals surface area contributed by atoms with Crippen molar-refractivity contribution in [2.24, 2.45) is 7.05 Å². The number of ether oxygens (including phenoxy) is 1. The molecule has 1 amide bonds. The molecule has 7 nitrogen and oxygen atoms in total. The summed E-state index contributed by atoms with van der Waals surface area (Å²) in [6.45, 7) is 3.46. The first-order valence-corrected chi connectivity index (χ1v) is 6.54. The van der Waals surface area contributed by atoms with Crippen molar-refractivity contribution in [3.63, 3.8) is 0 Å². The van der Waals surface area contributed by atoms with Crippen LogP contribution in [0.1, 0.15) is 28.2 Å². The highest BCUT2D eigenvalue weighted by molar-refractivity contribution is 5.91. The van der Waals surface area contributed by atoms with Gasteiger partial charge in [-0.25, -0.2) is 9.97 Å². The molecule has 0 bridgehead atoms. The summed E-state index contributed by atoms with van der Waals surface area (Å²) in [4.78, 5) is 26.0. The SMILES string of the molecule is Cc1cnc([C@H]2COCCN2C(=O)c2nccn2C)[nH]1. The molecule has 1 atom stereocenters. The normalized spacial score (nSPS) is 19.3. The van der Waals surface area contributed by atoms with Crippen LogP contribution in [0.25, 0.3) is 0 Å². The predicted octanol–water partition coefficient (Wildman–Crippen LogP) is 0.665. The second-order valence-corrected chi connectivity index (χ2v) is 4.90. The minimum atomic E-state index is -0.193. The zero-order valence-corrected chi connectivity index (χ0v) is 11.5. The third kappa shape index (κ3) is 2.20. The lowest BCUT2D eigenvalue weighted by molar-refractivity contribution is -0.00582. The molecule has 1 aliphatic rings. The summed E-state index contributed by atoms with van der Waals surface area (Å²) in [6.07, 6.45) is 5.15. The third-order valence-electron chi connectivity index (χ3n) is 3.44.